The normalized spacial score (nSPS) is 17.9. The largest absolute Gasteiger partial charge is 0.481 e. The van der Waals surface area contributed by atoms with Gasteiger partial charge in [-0.2, -0.15) is 0 Å². The van der Waals surface area contributed by atoms with Crippen LogP contribution in [0.15, 0.2) is 12.3 Å². The average molecular weight is 195 g/mol. The molecular formula is C10H10FNO2. The molecule has 0 unspecified atom stereocenters. The summed E-state index contributed by atoms with van der Waals surface area (Å²) in [6.45, 7) is 1.72. The Kier molecular flexibility index (Phi) is 1.80. The van der Waals surface area contributed by atoms with E-state index in [9.17, 15) is 9.18 Å². The van der Waals surface area contributed by atoms with Gasteiger partial charge in [0.05, 0.1) is 5.69 Å². The first kappa shape index (κ1) is 9.12. The zero-order valence-corrected chi connectivity index (χ0v) is 7.75. The molecule has 0 saturated heterocycles. The Bertz CT molecular complexity index is 399. The summed E-state index contributed by atoms with van der Waals surface area (Å²) >= 11 is 0. The predicted octanol–water partition coefficient (Wildman–Crippen LogP) is 1.65. The highest BCUT2D eigenvalue weighted by Crippen LogP contribution is 2.48. The molecule has 4 heteroatoms. The van der Waals surface area contributed by atoms with Crippen molar-refractivity contribution in [3.8, 4) is 0 Å². The molecule has 1 saturated carbocycles. The molecule has 0 atom stereocenters. The van der Waals surface area contributed by atoms with E-state index in [2.05, 4.69) is 4.98 Å². The second kappa shape index (κ2) is 2.77. The van der Waals surface area contributed by atoms with Crippen LogP contribution in [0.2, 0.25) is 0 Å². The minimum Gasteiger partial charge on any atom is -0.481 e. The number of aromatic nitrogens is 1. The fourth-order valence-electron chi connectivity index (χ4n) is 1.56. The van der Waals surface area contributed by atoms with E-state index in [0.29, 0.717) is 18.4 Å². The SMILES string of the molecule is Cc1cnc(C2(C(=O)O)CC2)c(F)c1. The molecule has 0 spiro atoms. The maximum atomic E-state index is 13.4. The Morgan fingerprint density at radius 3 is 2.71 bits per heavy atom. The van der Waals surface area contributed by atoms with Gasteiger partial charge in [0.2, 0.25) is 0 Å². The zero-order chi connectivity index (χ0) is 10.3. The second-order valence-electron chi connectivity index (χ2n) is 3.73. The van der Waals surface area contributed by atoms with Crippen LogP contribution in [0.4, 0.5) is 4.39 Å². The molecular weight excluding hydrogens is 185 g/mol. The summed E-state index contributed by atoms with van der Waals surface area (Å²) in [4.78, 5) is 14.8. The lowest BCUT2D eigenvalue weighted by Crippen LogP contribution is -2.22. The van der Waals surface area contributed by atoms with Crippen molar-refractivity contribution in [2.45, 2.75) is 25.2 Å². The molecule has 0 radical (unpaired) electrons. The van der Waals surface area contributed by atoms with Gasteiger partial charge in [-0.25, -0.2) is 4.39 Å². The zero-order valence-electron chi connectivity index (χ0n) is 7.75. The van der Waals surface area contributed by atoms with Gasteiger partial charge in [0.15, 0.2) is 0 Å². The third-order valence-electron chi connectivity index (χ3n) is 2.59. The van der Waals surface area contributed by atoms with Crippen molar-refractivity contribution in [1.29, 1.82) is 0 Å². The molecule has 3 nitrogen and oxygen atoms in total. The first-order chi connectivity index (χ1) is 6.56. The number of carboxylic acids is 1. The summed E-state index contributed by atoms with van der Waals surface area (Å²) < 4.78 is 13.4. The van der Waals surface area contributed by atoms with Gasteiger partial charge >= 0.3 is 5.97 Å². The fraction of sp³-hybridized carbons (Fsp3) is 0.400. The van der Waals surface area contributed by atoms with Crippen molar-refractivity contribution in [2.75, 3.05) is 0 Å². The highest BCUT2D eigenvalue weighted by Gasteiger charge is 2.54. The Labute approximate surface area is 80.6 Å². The van der Waals surface area contributed by atoms with Gasteiger partial charge in [-0.15, -0.1) is 0 Å². The first-order valence-corrected chi connectivity index (χ1v) is 4.42. The van der Waals surface area contributed by atoms with Crippen molar-refractivity contribution in [1.82, 2.24) is 4.98 Å². The van der Waals surface area contributed by atoms with Crippen LogP contribution < -0.4 is 0 Å². The van der Waals surface area contributed by atoms with E-state index < -0.39 is 17.2 Å². The lowest BCUT2D eigenvalue weighted by molar-refractivity contribution is -0.140. The third-order valence-corrected chi connectivity index (χ3v) is 2.59. The molecule has 1 N–H and O–H groups in total. The minimum absolute atomic E-state index is 0.0793. The van der Waals surface area contributed by atoms with E-state index in [1.54, 1.807) is 6.92 Å². The van der Waals surface area contributed by atoms with Crippen LogP contribution in [-0.4, -0.2) is 16.1 Å². The number of nitrogens with zero attached hydrogens (tertiary/aromatic N) is 1. The number of aliphatic carboxylic acids is 1. The second-order valence-corrected chi connectivity index (χ2v) is 3.73. The van der Waals surface area contributed by atoms with Gasteiger partial charge in [0, 0.05) is 6.20 Å². The predicted molar refractivity (Wildman–Crippen MR) is 47.5 cm³/mol. The number of carboxylic acid groups (broad SMARTS) is 1. The van der Waals surface area contributed by atoms with E-state index in [4.69, 9.17) is 5.11 Å². The molecule has 1 fully saturated rings. The number of halogens is 1. The standard InChI is InChI=1S/C10H10FNO2/c1-6-4-7(11)8(12-5-6)10(2-3-10)9(13)14/h4-5H,2-3H2,1H3,(H,13,14). The van der Waals surface area contributed by atoms with Crippen molar-refractivity contribution >= 4 is 5.97 Å². The number of hydrogen-bond donors (Lipinski definition) is 1. The maximum absolute atomic E-state index is 13.4. The fourth-order valence-corrected chi connectivity index (χ4v) is 1.56. The highest BCUT2D eigenvalue weighted by atomic mass is 19.1. The molecule has 2 rings (SSSR count). The van der Waals surface area contributed by atoms with Gasteiger partial charge in [0.1, 0.15) is 11.2 Å². The van der Waals surface area contributed by atoms with Gasteiger partial charge in [-0.1, -0.05) is 0 Å². The molecule has 0 aromatic carbocycles. The lowest BCUT2D eigenvalue weighted by Gasteiger charge is -2.09. The Hall–Kier alpha value is -1.45. The number of hydrogen-bond acceptors (Lipinski definition) is 2. The maximum Gasteiger partial charge on any atom is 0.315 e. The first-order valence-electron chi connectivity index (χ1n) is 4.42. The van der Waals surface area contributed by atoms with E-state index in [0.717, 1.165) is 0 Å². The monoisotopic (exact) mass is 195 g/mol. The number of pyridine rings is 1. The molecule has 1 aliphatic rings. The summed E-state index contributed by atoms with van der Waals surface area (Å²) in [7, 11) is 0. The van der Waals surface area contributed by atoms with Crippen molar-refractivity contribution in [3.63, 3.8) is 0 Å². The molecule has 74 valence electrons. The van der Waals surface area contributed by atoms with Crippen LogP contribution in [0.3, 0.4) is 0 Å². The molecule has 0 bridgehead atoms. The van der Waals surface area contributed by atoms with Crippen molar-refractivity contribution in [3.05, 3.63) is 29.3 Å². The van der Waals surface area contributed by atoms with Crippen molar-refractivity contribution < 1.29 is 14.3 Å². The topological polar surface area (TPSA) is 50.2 Å². The number of rotatable bonds is 2. The number of aryl methyl sites for hydroxylation is 1. The van der Waals surface area contributed by atoms with Crippen LogP contribution in [0, 0.1) is 12.7 Å². The number of carbonyl (C=O) groups is 1. The van der Waals surface area contributed by atoms with Crippen LogP contribution in [-0.2, 0) is 10.2 Å². The lowest BCUT2D eigenvalue weighted by atomic mass is 10.0. The summed E-state index contributed by atoms with van der Waals surface area (Å²) in [5, 5.41) is 8.94. The van der Waals surface area contributed by atoms with Crippen LogP contribution >= 0.6 is 0 Å². The Morgan fingerprint density at radius 1 is 1.64 bits per heavy atom. The van der Waals surface area contributed by atoms with E-state index in [1.165, 1.54) is 12.3 Å². The Morgan fingerprint density at radius 2 is 2.29 bits per heavy atom. The summed E-state index contributed by atoms with van der Waals surface area (Å²) in [5.74, 6) is -1.49. The molecule has 1 aromatic rings. The van der Waals surface area contributed by atoms with E-state index in [-0.39, 0.29) is 5.69 Å². The molecule has 0 aliphatic heterocycles. The van der Waals surface area contributed by atoms with Crippen molar-refractivity contribution in [2.24, 2.45) is 0 Å². The molecule has 1 aliphatic carbocycles. The quantitative estimate of drug-likeness (QED) is 0.780. The highest BCUT2D eigenvalue weighted by molar-refractivity contribution is 5.84. The molecule has 1 aromatic heterocycles. The van der Waals surface area contributed by atoms with Crippen LogP contribution in [0.25, 0.3) is 0 Å². The van der Waals surface area contributed by atoms with E-state index in [1.807, 2.05) is 0 Å². The van der Waals surface area contributed by atoms with E-state index >= 15 is 0 Å². The summed E-state index contributed by atoms with van der Waals surface area (Å²) in [6, 6.07) is 1.32. The molecule has 1 heterocycles. The third kappa shape index (κ3) is 1.18. The smallest absolute Gasteiger partial charge is 0.315 e. The van der Waals surface area contributed by atoms with Crippen LogP contribution in [0.5, 0.6) is 0 Å². The molecule has 14 heavy (non-hydrogen) atoms. The summed E-state index contributed by atoms with van der Waals surface area (Å²) in [5.41, 5.74) is -0.263. The van der Waals surface area contributed by atoms with Crippen LogP contribution in [0.1, 0.15) is 24.1 Å². The summed E-state index contributed by atoms with van der Waals surface area (Å²) in [6.07, 6.45) is 2.46. The van der Waals surface area contributed by atoms with Gasteiger partial charge in [0.25, 0.3) is 0 Å². The van der Waals surface area contributed by atoms with Gasteiger partial charge in [-0.05, 0) is 31.4 Å². The molecule has 0 amide bonds. The van der Waals surface area contributed by atoms with Gasteiger partial charge < -0.3 is 5.11 Å². The minimum atomic E-state index is -1.04. The van der Waals surface area contributed by atoms with Gasteiger partial charge in [-0.3, -0.25) is 9.78 Å². The Balaban J connectivity index is 2.47. The average Bonchev–Trinajstić information content (AvgIpc) is 2.84.